The van der Waals surface area contributed by atoms with E-state index in [0.29, 0.717) is 16.0 Å². The molecule has 0 unspecified atom stereocenters. The molecule has 5 rings (SSSR count). The van der Waals surface area contributed by atoms with Crippen molar-refractivity contribution in [1.29, 1.82) is 0 Å². The van der Waals surface area contributed by atoms with E-state index in [0.717, 1.165) is 4.90 Å². The number of benzene rings is 2. The molecule has 1 fully saturated rings. The van der Waals surface area contributed by atoms with E-state index in [9.17, 15) is 39.7 Å². The molecule has 3 aromatic rings. The highest BCUT2D eigenvalue weighted by Crippen LogP contribution is 2.59. The van der Waals surface area contributed by atoms with Gasteiger partial charge in [0, 0.05) is 54.4 Å². The van der Waals surface area contributed by atoms with Gasteiger partial charge in [0.05, 0.1) is 14.8 Å². The van der Waals surface area contributed by atoms with E-state index < -0.39 is 50.0 Å². The number of aromatic nitrogens is 1. The molecule has 2 aromatic carbocycles. The van der Waals surface area contributed by atoms with E-state index in [-0.39, 0.29) is 30.8 Å². The van der Waals surface area contributed by atoms with E-state index in [4.69, 9.17) is 9.47 Å². The predicted octanol–water partition coefficient (Wildman–Crippen LogP) is 5.61. The minimum absolute atomic E-state index is 0.0559. The van der Waals surface area contributed by atoms with Gasteiger partial charge in [-0.25, -0.2) is 9.59 Å². The van der Waals surface area contributed by atoms with E-state index in [2.05, 4.69) is 4.98 Å². The fourth-order valence-corrected chi connectivity index (χ4v) is 6.79. The third kappa shape index (κ3) is 5.38. The van der Waals surface area contributed by atoms with Gasteiger partial charge in [-0.2, -0.15) is 4.79 Å². The SMILES string of the molecule is C[C@@H](OC(=O)OCc1ccc([N+](=O)[O-])cc1)[C@@]1(Cc2ccc([N+](=O)[O-])cc2)C(=O)[N@+]2(C(=O)O)C=C(Sc3ccncc3)C[C@H]12. The largest absolute Gasteiger partial charge is 0.526 e. The van der Waals surface area contributed by atoms with Crippen molar-refractivity contribution in [2.45, 2.75) is 43.4 Å². The Bertz CT molecular complexity index is 1670. The van der Waals surface area contributed by atoms with E-state index in [1.54, 1.807) is 24.5 Å². The van der Waals surface area contributed by atoms with E-state index >= 15 is 0 Å². The normalized spacial score (nSPS) is 22.6. The zero-order valence-corrected chi connectivity index (χ0v) is 23.9. The van der Waals surface area contributed by atoms with E-state index in [1.807, 2.05) is 0 Å². The number of fused-ring (bicyclic) bond motifs is 1. The number of nitro groups is 2. The van der Waals surface area contributed by atoms with Crippen molar-refractivity contribution in [2.75, 3.05) is 0 Å². The van der Waals surface area contributed by atoms with Crippen molar-refractivity contribution in [1.82, 2.24) is 4.98 Å². The zero-order chi connectivity index (χ0) is 31.6. The molecule has 44 heavy (non-hydrogen) atoms. The van der Waals surface area contributed by atoms with Gasteiger partial charge >= 0.3 is 18.2 Å². The van der Waals surface area contributed by atoms with Crippen molar-refractivity contribution in [3.05, 3.63) is 116 Å². The number of thioether (sulfide) groups is 1. The number of rotatable bonds is 10. The summed E-state index contributed by atoms with van der Waals surface area (Å²) in [5.41, 5.74) is -0.834. The van der Waals surface area contributed by atoms with Gasteiger partial charge in [0.1, 0.15) is 25.0 Å². The minimum atomic E-state index is -1.52. The molecule has 1 N–H and O–H groups in total. The Morgan fingerprint density at radius 1 is 1.02 bits per heavy atom. The van der Waals surface area contributed by atoms with Crippen LogP contribution in [0, 0.1) is 25.6 Å². The predicted molar refractivity (Wildman–Crippen MR) is 153 cm³/mol. The van der Waals surface area contributed by atoms with Gasteiger partial charge in [-0.05, 0) is 42.3 Å². The average molecular weight is 622 g/mol. The van der Waals surface area contributed by atoms with Crippen molar-refractivity contribution >= 4 is 41.3 Å². The van der Waals surface area contributed by atoms with Crippen molar-refractivity contribution < 1.29 is 43.3 Å². The number of pyridine rings is 1. The molecule has 0 saturated carbocycles. The molecule has 0 aliphatic carbocycles. The summed E-state index contributed by atoms with van der Waals surface area (Å²) in [5, 5.41) is 32.4. The van der Waals surface area contributed by atoms with Crippen LogP contribution in [0.25, 0.3) is 0 Å². The number of amides is 2. The highest BCUT2D eigenvalue weighted by molar-refractivity contribution is 8.03. The molecule has 2 aliphatic rings. The molecule has 2 amide bonds. The van der Waals surface area contributed by atoms with Gasteiger partial charge in [-0.3, -0.25) is 25.2 Å². The maximum Gasteiger partial charge on any atom is 0.526 e. The molecule has 2 aliphatic heterocycles. The Hall–Kier alpha value is -5.15. The number of β-lactam (4-membered cyclic amide) rings is 1. The lowest BCUT2D eigenvalue weighted by Crippen LogP contribution is -2.81. The number of carbonyl (C=O) groups excluding carboxylic acids is 2. The molecule has 1 saturated heterocycles. The second-order valence-corrected chi connectivity index (χ2v) is 11.5. The van der Waals surface area contributed by atoms with Crippen LogP contribution in [0.15, 0.2) is 89.1 Å². The number of hydrogen-bond acceptors (Lipinski definition) is 11. The van der Waals surface area contributed by atoms with Crippen LogP contribution in [0.3, 0.4) is 0 Å². The van der Waals surface area contributed by atoms with E-state index in [1.165, 1.54) is 73.4 Å². The van der Waals surface area contributed by atoms with Gasteiger partial charge in [0.15, 0.2) is 5.41 Å². The van der Waals surface area contributed by atoms with Crippen LogP contribution in [0.2, 0.25) is 0 Å². The Labute approximate surface area is 253 Å². The number of carboxylic acid groups (broad SMARTS) is 1. The fourth-order valence-electron chi connectivity index (χ4n) is 5.77. The number of nitro benzene ring substituents is 2. The fraction of sp³-hybridized carbons (Fsp3) is 0.241. The molecule has 1 aromatic heterocycles. The van der Waals surface area contributed by atoms with Crippen LogP contribution < -0.4 is 0 Å². The van der Waals surface area contributed by atoms with Gasteiger partial charge in [0.2, 0.25) is 0 Å². The lowest BCUT2D eigenvalue weighted by atomic mass is 9.62. The van der Waals surface area contributed by atoms with Gasteiger partial charge in [-0.1, -0.05) is 23.9 Å². The van der Waals surface area contributed by atoms with Gasteiger partial charge < -0.3 is 14.6 Å². The first-order valence-corrected chi connectivity index (χ1v) is 14.1. The maximum absolute atomic E-state index is 14.1. The molecule has 226 valence electrons. The van der Waals surface area contributed by atoms with Crippen LogP contribution in [0.1, 0.15) is 24.5 Å². The molecule has 4 atom stereocenters. The van der Waals surface area contributed by atoms with Crippen LogP contribution in [-0.4, -0.2) is 54.7 Å². The van der Waals surface area contributed by atoms with Crippen LogP contribution in [0.4, 0.5) is 21.0 Å². The molecule has 0 spiro atoms. The Morgan fingerprint density at radius 3 is 2.14 bits per heavy atom. The number of carbonyl (C=O) groups is 3. The molecule has 0 bridgehead atoms. The minimum Gasteiger partial charge on any atom is -0.435 e. The van der Waals surface area contributed by atoms with Crippen molar-refractivity contribution in [2.24, 2.45) is 5.41 Å². The maximum atomic E-state index is 14.1. The van der Waals surface area contributed by atoms with Crippen LogP contribution in [0.5, 0.6) is 0 Å². The highest BCUT2D eigenvalue weighted by atomic mass is 32.2. The third-order valence-corrected chi connectivity index (χ3v) is 8.97. The average Bonchev–Trinajstić information content (AvgIpc) is 3.36. The second-order valence-electron chi connectivity index (χ2n) is 10.3. The summed E-state index contributed by atoms with van der Waals surface area (Å²) in [6, 6.07) is 13.6. The topological polar surface area (TPSA) is 189 Å². The van der Waals surface area contributed by atoms with Crippen molar-refractivity contribution in [3.8, 4) is 0 Å². The molecule has 14 nitrogen and oxygen atoms in total. The highest BCUT2D eigenvalue weighted by Gasteiger charge is 2.81. The third-order valence-electron chi connectivity index (χ3n) is 7.92. The Kier molecular flexibility index (Phi) is 8.17. The summed E-state index contributed by atoms with van der Waals surface area (Å²) in [6.07, 6.45) is 1.07. The lowest BCUT2D eigenvalue weighted by Gasteiger charge is -2.54. The first kappa shape index (κ1) is 30.3. The smallest absolute Gasteiger partial charge is 0.435 e. The number of hydrogen-bond donors (Lipinski definition) is 1. The van der Waals surface area contributed by atoms with Crippen LogP contribution >= 0.6 is 11.8 Å². The second kappa shape index (κ2) is 11.9. The summed E-state index contributed by atoms with van der Waals surface area (Å²) in [5.74, 6) is -0.700. The number of ether oxygens (including phenoxy) is 2. The molecule has 15 heteroatoms. The monoisotopic (exact) mass is 621 g/mol. The van der Waals surface area contributed by atoms with Crippen molar-refractivity contribution in [3.63, 3.8) is 0 Å². The summed E-state index contributed by atoms with van der Waals surface area (Å²) >= 11 is 1.30. The summed E-state index contributed by atoms with van der Waals surface area (Å²) in [6.45, 7) is 1.22. The standard InChI is InChI=1S/C29H24N4O10S/c1-18(43-28(37)42-17-20-4-8-22(9-5-20)32(40)41)29(15-19-2-6-21(7-3-19)31(38)39)25-14-24(44-23-10-12-30-13-11-23)16-33(25,26(29)34)27(35)36/h2-13,16,18,25H,14-15,17H2,1H3/p+1/t18-,25-,29-,33+/m1/s1. The summed E-state index contributed by atoms with van der Waals surface area (Å²) < 4.78 is 9.83. The first-order valence-electron chi connectivity index (χ1n) is 13.2. The number of nitrogens with zero attached hydrogens (tertiary/aromatic N) is 4. The molecule has 3 heterocycles. The summed E-state index contributed by atoms with van der Waals surface area (Å²) in [4.78, 5) is 65.9. The molecule has 0 radical (unpaired) electrons. The zero-order valence-electron chi connectivity index (χ0n) is 23.1. The molecular formula is C29H25N4O10S+. The lowest BCUT2D eigenvalue weighted by molar-refractivity contribution is -0.805. The van der Waals surface area contributed by atoms with Gasteiger partial charge in [-0.15, -0.1) is 4.48 Å². The first-order chi connectivity index (χ1) is 21.0. The van der Waals surface area contributed by atoms with Crippen LogP contribution in [-0.2, 0) is 27.3 Å². The Morgan fingerprint density at radius 2 is 1.59 bits per heavy atom. The quantitative estimate of drug-likeness (QED) is 0.0970. The number of imide groups is 1. The number of quaternary nitrogens is 1. The molecular weight excluding hydrogens is 596 g/mol. The van der Waals surface area contributed by atoms with Gasteiger partial charge in [0.25, 0.3) is 11.4 Å². The number of non-ortho nitro benzene ring substituents is 2. The Balaban J connectivity index is 1.41. The summed E-state index contributed by atoms with van der Waals surface area (Å²) in [7, 11) is 0.